The first-order chi connectivity index (χ1) is 13.6. The fraction of sp³-hybridized carbons (Fsp3) is 0.577. The summed E-state index contributed by atoms with van der Waals surface area (Å²) < 4.78 is 5.62. The van der Waals surface area contributed by atoms with Crippen molar-refractivity contribution in [1.29, 1.82) is 0 Å². The van der Waals surface area contributed by atoms with Gasteiger partial charge in [-0.05, 0) is 93.7 Å². The van der Waals surface area contributed by atoms with E-state index in [4.69, 9.17) is 4.74 Å². The van der Waals surface area contributed by atoms with Gasteiger partial charge in [-0.2, -0.15) is 0 Å². The number of phenols is 1. The highest BCUT2D eigenvalue weighted by atomic mass is 16.6. The van der Waals surface area contributed by atoms with E-state index in [-0.39, 0.29) is 17.0 Å². The topological polar surface area (TPSA) is 46.5 Å². The number of esters is 1. The fourth-order valence-electron chi connectivity index (χ4n) is 3.53. The number of phenolic OH excluding ortho intramolecular Hbond substituents is 1. The van der Waals surface area contributed by atoms with E-state index in [0.717, 1.165) is 31.1 Å². The molecule has 1 atom stereocenters. The van der Waals surface area contributed by atoms with E-state index in [9.17, 15) is 9.90 Å². The van der Waals surface area contributed by atoms with Gasteiger partial charge in [-0.3, -0.25) is 4.79 Å². The Morgan fingerprint density at radius 3 is 2.28 bits per heavy atom. The molecule has 0 saturated heterocycles. The lowest BCUT2D eigenvalue weighted by molar-refractivity contribution is -0.168. The minimum atomic E-state index is -0.328. The van der Waals surface area contributed by atoms with Gasteiger partial charge in [0.05, 0.1) is 5.41 Å². The molecule has 1 aliphatic rings. The van der Waals surface area contributed by atoms with Crippen molar-refractivity contribution in [2.45, 2.75) is 91.6 Å². The first kappa shape index (κ1) is 23.3. The maximum atomic E-state index is 11.8. The Morgan fingerprint density at radius 1 is 1.10 bits per heavy atom. The normalized spacial score (nSPS) is 16.8. The monoisotopic (exact) mass is 398 g/mol. The summed E-state index contributed by atoms with van der Waals surface area (Å²) >= 11 is 0. The van der Waals surface area contributed by atoms with Crippen LogP contribution >= 0.6 is 0 Å². The molecular formula is C26H38O3. The number of benzene rings is 2. The third-order valence-corrected chi connectivity index (χ3v) is 6.47. The summed E-state index contributed by atoms with van der Waals surface area (Å²) in [5.74, 6) is 0.895. The Morgan fingerprint density at radius 2 is 1.69 bits per heavy atom. The van der Waals surface area contributed by atoms with E-state index >= 15 is 0 Å². The van der Waals surface area contributed by atoms with Crippen molar-refractivity contribution in [2.75, 3.05) is 0 Å². The maximum absolute atomic E-state index is 11.8. The van der Waals surface area contributed by atoms with Crippen molar-refractivity contribution in [2.24, 2.45) is 5.41 Å². The van der Waals surface area contributed by atoms with Crippen molar-refractivity contribution in [3.05, 3.63) is 42.0 Å². The van der Waals surface area contributed by atoms with Crippen molar-refractivity contribution < 1.29 is 14.6 Å². The molecule has 3 rings (SSSR count). The first-order valence-corrected chi connectivity index (χ1v) is 11.1. The van der Waals surface area contributed by atoms with Crippen LogP contribution in [-0.4, -0.2) is 16.7 Å². The Labute approximate surface area is 176 Å². The van der Waals surface area contributed by atoms with Crippen LogP contribution in [0.3, 0.4) is 0 Å². The average Bonchev–Trinajstić information content (AvgIpc) is 3.13. The van der Waals surface area contributed by atoms with Gasteiger partial charge in [-0.25, -0.2) is 0 Å². The average molecular weight is 399 g/mol. The quantitative estimate of drug-likeness (QED) is 0.535. The summed E-state index contributed by atoms with van der Waals surface area (Å²) in [6.07, 6.45) is 6.43. The van der Waals surface area contributed by atoms with Crippen LogP contribution in [-0.2, 0) is 9.53 Å². The fourth-order valence-corrected chi connectivity index (χ4v) is 3.53. The second-order valence-corrected chi connectivity index (χ2v) is 9.38. The summed E-state index contributed by atoms with van der Waals surface area (Å²) in [4.78, 5) is 11.8. The molecule has 1 N–H and O–H groups in total. The molecule has 2 aromatic rings. The highest BCUT2D eigenvalue weighted by molar-refractivity contribution is 5.84. The van der Waals surface area contributed by atoms with E-state index in [1.165, 1.54) is 23.8 Å². The molecule has 29 heavy (non-hydrogen) atoms. The zero-order valence-corrected chi connectivity index (χ0v) is 19.0. The van der Waals surface area contributed by atoms with Crippen molar-refractivity contribution in [3.63, 3.8) is 0 Å². The predicted molar refractivity (Wildman–Crippen MR) is 121 cm³/mol. The zero-order valence-electron chi connectivity index (χ0n) is 19.0. The number of fused-ring (bicyclic) bond motifs is 1. The van der Waals surface area contributed by atoms with Crippen LogP contribution in [0.15, 0.2) is 36.4 Å². The molecule has 0 aromatic heterocycles. The van der Waals surface area contributed by atoms with Gasteiger partial charge in [0, 0.05) is 0 Å². The molecule has 3 heteroatoms. The lowest BCUT2D eigenvalue weighted by atomic mass is 9.90. The molecule has 2 aromatic carbocycles. The molecule has 0 bridgehead atoms. The predicted octanol–water partition coefficient (Wildman–Crippen LogP) is 7.36. The summed E-state index contributed by atoms with van der Waals surface area (Å²) in [6.45, 7) is 12.4. The van der Waals surface area contributed by atoms with Gasteiger partial charge in [0.15, 0.2) is 0 Å². The van der Waals surface area contributed by atoms with Gasteiger partial charge in [0.1, 0.15) is 11.4 Å². The third-order valence-electron chi connectivity index (χ3n) is 6.47. The minimum absolute atomic E-state index is 0.0376. The number of hydrogen-bond donors (Lipinski definition) is 1. The Kier molecular flexibility index (Phi) is 7.73. The van der Waals surface area contributed by atoms with E-state index in [0.29, 0.717) is 11.7 Å². The summed E-state index contributed by atoms with van der Waals surface area (Å²) in [7, 11) is 0. The number of carbonyl (C=O) groups excluding carboxylic acids is 1. The van der Waals surface area contributed by atoms with Crippen molar-refractivity contribution >= 4 is 16.7 Å². The van der Waals surface area contributed by atoms with E-state index in [1.54, 1.807) is 12.1 Å². The number of rotatable bonds is 5. The van der Waals surface area contributed by atoms with Gasteiger partial charge in [-0.15, -0.1) is 0 Å². The Balaban J connectivity index is 0.000000208. The largest absolute Gasteiger partial charge is 0.508 e. The van der Waals surface area contributed by atoms with Crippen LogP contribution in [0.25, 0.3) is 10.8 Å². The standard InChI is InChI=1S/C14H16O.C12H22O2/c1-3-10(2)11-4-5-13-9-14(15)7-6-12(13)8-11;1-5-11(2,3)10(13)14-12(4)8-6-7-9-12/h4-10,15H,3H2,1-2H3;5-9H2,1-4H3. The van der Waals surface area contributed by atoms with Gasteiger partial charge in [0.2, 0.25) is 0 Å². The highest BCUT2D eigenvalue weighted by Crippen LogP contribution is 2.35. The number of carbonyl (C=O) groups is 1. The summed E-state index contributed by atoms with van der Waals surface area (Å²) in [5.41, 5.74) is 0.866. The molecule has 0 heterocycles. The van der Waals surface area contributed by atoms with Crippen molar-refractivity contribution in [1.82, 2.24) is 0 Å². The third kappa shape index (κ3) is 6.22. The van der Waals surface area contributed by atoms with Crippen molar-refractivity contribution in [3.8, 4) is 5.75 Å². The molecule has 0 radical (unpaired) electrons. The zero-order chi connectivity index (χ0) is 21.7. The van der Waals surface area contributed by atoms with Gasteiger partial charge in [-0.1, -0.05) is 45.0 Å². The molecule has 0 aliphatic heterocycles. The lowest BCUT2D eigenvalue weighted by Gasteiger charge is -2.29. The van der Waals surface area contributed by atoms with Crippen LogP contribution in [0.5, 0.6) is 5.75 Å². The molecule has 1 unspecified atom stereocenters. The van der Waals surface area contributed by atoms with E-state index in [2.05, 4.69) is 39.0 Å². The highest BCUT2D eigenvalue weighted by Gasteiger charge is 2.37. The van der Waals surface area contributed by atoms with Gasteiger partial charge < -0.3 is 9.84 Å². The molecule has 1 saturated carbocycles. The second-order valence-electron chi connectivity index (χ2n) is 9.38. The van der Waals surface area contributed by atoms with Crippen LogP contribution in [0.1, 0.15) is 91.5 Å². The molecule has 0 spiro atoms. The smallest absolute Gasteiger partial charge is 0.312 e. The van der Waals surface area contributed by atoms with Crippen LogP contribution in [0.2, 0.25) is 0 Å². The lowest BCUT2D eigenvalue weighted by Crippen LogP contribution is -2.35. The first-order valence-electron chi connectivity index (χ1n) is 11.1. The summed E-state index contributed by atoms with van der Waals surface area (Å²) in [5, 5.41) is 11.7. The van der Waals surface area contributed by atoms with Gasteiger partial charge in [0.25, 0.3) is 0 Å². The molecule has 0 amide bonds. The second kappa shape index (κ2) is 9.65. The molecule has 160 valence electrons. The maximum Gasteiger partial charge on any atom is 0.312 e. The SMILES string of the molecule is CCC(C)(C)C(=O)OC1(C)CCCC1.CCC(C)c1ccc2cc(O)ccc2c1. The Bertz CT molecular complexity index is 816. The van der Waals surface area contributed by atoms with Crippen LogP contribution in [0, 0.1) is 5.41 Å². The molecule has 3 nitrogen and oxygen atoms in total. The number of hydrogen-bond acceptors (Lipinski definition) is 3. The minimum Gasteiger partial charge on any atom is -0.508 e. The van der Waals surface area contributed by atoms with E-state index < -0.39 is 0 Å². The van der Waals surface area contributed by atoms with Gasteiger partial charge >= 0.3 is 5.97 Å². The van der Waals surface area contributed by atoms with Crippen LogP contribution < -0.4 is 0 Å². The van der Waals surface area contributed by atoms with Crippen LogP contribution in [0.4, 0.5) is 0 Å². The summed E-state index contributed by atoms with van der Waals surface area (Å²) in [6, 6.07) is 11.9. The molecule has 1 fully saturated rings. The Hall–Kier alpha value is -2.03. The number of aromatic hydroxyl groups is 1. The molecule has 1 aliphatic carbocycles. The van der Waals surface area contributed by atoms with E-state index in [1.807, 2.05) is 26.8 Å². The number of ether oxygens (including phenoxy) is 1. The molecular weight excluding hydrogens is 360 g/mol.